The Morgan fingerprint density at radius 1 is 1.06 bits per heavy atom. The van der Waals surface area contributed by atoms with E-state index in [2.05, 4.69) is 74.9 Å². The van der Waals surface area contributed by atoms with Crippen LogP contribution in [0.15, 0.2) is 48.5 Å². The van der Waals surface area contributed by atoms with E-state index in [1.165, 1.54) is 14.7 Å². The summed E-state index contributed by atoms with van der Waals surface area (Å²) >= 11 is 6.07. The normalized spacial score (nSPS) is 12.2. The van der Waals surface area contributed by atoms with Gasteiger partial charge in [0.15, 0.2) is 0 Å². The van der Waals surface area contributed by atoms with Gasteiger partial charge in [0, 0.05) is 8.40 Å². The molecule has 0 fully saturated rings. The molecule has 3 heteroatoms. The van der Waals surface area contributed by atoms with E-state index in [-0.39, 0.29) is 0 Å². The van der Waals surface area contributed by atoms with Gasteiger partial charge in [0.1, 0.15) is 5.75 Å². The molecular weight excluding hydrogens is 403 g/mol. The zero-order valence-corrected chi connectivity index (χ0v) is 13.8. The van der Waals surface area contributed by atoms with Crippen LogP contribution in [-0.2, 0) is 6.42 Å². The van der Waals surface area contributed by atoms with Crippen molar-refractivity contribution in [3.63, 3.8) is 0 Å². The van der Waals surface area contributed by atoms with E-state index in [0.717, 1.165) is 12.2 Å². The van der Waals surface area contributed by atoms with Crippen molar-refractivity contribution >= 4 is 38.5 Å². The molecule has 1 atom stereocenters. The highest BCUT2D eigenvalue weighted by molar-refractivity contribution is 14.1. The van der Waals surface area contributed by atoms with Crippen LogP contribution in [0.5, 0.6) is 5.75 Å². The van der Waals surface area contributed by atoms with E-state index < -0.39 is 0 Å². The van der Waals surface area contributed by atoms with E-state index in [1.807, 2.05) is 12.1 Å². The van der Waals surface area contributed by atoms with Crippen molar-refractivity contribution in [2.75, 3.05) is 7.11 Å². The highest BCUT2D eigenvalue weighted by Crippen LogP contribution is 2.28. The third-order valence-corrected chi connectivity index (χ3v) is 4.38. The standard InChI is InChI=1S/C15H14BrIO/c1-18-14-8-2-11(3-9-14)10-15(16)12-4-6-13(17)7-5-12/h2-9,15H,10H2,1H3. The second-order valence-electron chi connectivity index (χ2n) is 4.07. The van der Waals surface area contributed by atoms with E-state index in [0.29, 0.717) is 4.83 Å². The Bertz CT molecular complexity index is 493. The second-order valence-corrected chi connectivity index (χ2v) is 6.42. The average molecular weight is 417 g/mol. The summed E-state index contributed by atoms with van der Waals surface area (Å²) in [5.74, 6) is 0.902. The lowest BCUT2D eigenvalue weighted by molar-refractivity contribution is 0.414. The summed E-state index contributed by atoms with van der Waals surface area (Å²) in [5, 5.41) is 0. The van der Waals surface area contributed by atoms with Crippen molar-refractivity contribution in [1.82, 2.24) is 0 Å². The average Bonchev–Trinajstić information content (AvgIpc) is 2.40. The fourth-order valence-electron chi connectivity index (χ4n) is 1.76. The van der Waals surface area contributed by atoms with Gasteiger partial charge in [0.25, 0.3) is 0 Å². The molecule has 0 aliphatic heterocycles. The summed E-state index contributed by atoms with van der Waals surface area (Å²) in [6, 6.07) is 16.8. The maximum Gasteiger partial charge on any atom is 0.118 e. The number of benzene rings is 2. The fraction of sp³-hybridized carbons (Fsp3) is 0.200. The summed E-state index contributed by atoms with van der Waals surface area (Å²) in [6.07, 6.45) is 0.977. The van der Waals surface area contributed by atoms with E-state index in [4.69, 9.17) is 4.74 Å². The monoisotopic (exact) mass is 416 g/mol. The van der Waals surface area contributed by atoms with Crippen molar-refractivity contribution in [3.05, 3.63) is 63.2 Å². The summed E-state index contributed by atoms with van der Waals surface area (Å²) < 4.78 is 6.42. The van der Waals surface area contributed by atoms with Gasteiger partial charge in [-0.2, -0.15) is 0 Å². The van der Waals surface area contributed by atoms with Gasteiger partial charge in [-0.05, 0) is 64.4 Å². The van der Waals surface area contributed by atoms with Crippen molar-refractivity contribution in [2.24, 2.45) is 0 Å². The lowest BCUT2D eigenvalue weighted by Crippen LogP contribution is -1.95. The SMILES string of the molecule is COc1ccc(CC(Br)c2ccc(I)cc2)cc1. The first kappa shape index (κ1) is 13.9. The van der Waals surface area contributed by atoms with Crippen molar-refractivity contribution in [1.29, 1.82) is 0 Å². The second kappa shape index (κ2) is 6.57. The number of halogens is 2. The van der Waals surface area contributed by atoms with Crippen LogP contribution in [-0.4, -0.2) is 7.11 Å². The lowest BCUT2D eigenvalue weighted by Gasteiger charge is -2.11. The Hall–Kier alpha value is -0.550. The van der Waals surface area contributed by atoms with Crippen LogP contribution in [0.1, 0.15) is 16.0 Å². The summed E-state index contributed by atoms with van der Waals surface area (Å²) in [4.78, 5) is 0.350. The van der Waals surface area contributed by atoms with Gasteiger partial charge in [-0.15, -0.1) is 0 Å². The van der Waals surface area contributed by atoms with Crippen LogP contribution >= 0.6 is 38.5 Å². The number of alkyl halides is 1. The molecule has 0 bridgehead atoms. The van der Waals surface area contributed by atoms with Crippen molar-refractivity contribution < 1.29 is 4.74 Å². The van der Waals surface area contributed by atoms with Crippen LogP contribution in [0.3, 0.4) is 0 Å². The molecule has 0 heterocycles. The van der Waals surface area contributed by atoms with Gasteiger partial charge >= 0.3 is 0 Å². The molecule has 0 radical (unpaired) electrons. The fourth-order valence-corrected chi connectivity index (χ4v) is 2.80. The zero-order valence-electron chi connectivity index (χ0n) is 10.1. The molecule has 0 spiro atoms. The van der Waals surface area contributed by atoms with Gasteiger partial charge in [-0.1, -0.05) is 40.2 Å². The Balaban J connectivity index is 2.05. The number of hydrogen-bond donors (Lipinski definition) is 0. The predicted molar refractivity (Wildman–Crippen MR) is 87.5 cm³/mol. The van der Waals surface area contributed by atoms with Gasteiger partial charge in [-0.25, -0.2) is 0 Å². The van der Waals surface area contributed by atoms with Gasteiger partial charge in [0.05, 0.1) is 7.11 Å². The third kappa shape index (κ3) is 3.72. The molecule has 0 aliphatic rings. The minimum atomic E-state index is 0.350. The predicted octanol–water partition coefficient (Wildman–Crippen LogP) is 4.98. The number of hydrogen-bond acceptors (Lipinski definition) is 1. The minimum absolute atomic E-state index is 0.350. The quantitative estimate of drug-likeness (QED) is 0.504. The molecule has 18 heavy (non-hydrogen) atoms. The highest BCUT2D eigenvalue weighted by Gasteiger charge is 2.08. The van der Waals surface area contributed by atoms with Crippen LogP contribution in [0.2, 0.25) is 0 Å². The Morgan fingerprint density at radius 3 is 2.22 bits per heavy atom. The first-order valence-electron chi connectivity index (χ1n) is 5.71. The molecule has 1 unspecified atom stereocenters. The van der Waals surface area contributed by atoms with Crippen LogP contribution in [0, 0.1) is 3.57 Å². The minimum Gasteiger partial charge on any atom is -0.497 e. The Kier molecular flexibility index (Phi) is 5.06. The Morgan fingerprint density at radius 2 is 1.67 bits per heavy atom. The maximum atomic E-state index is 5.16. The maximum absolute atomic E-state index is 5.16. The molecule has 94 valence electrons. The molecule has 2 aromatic carbocycles. The molecule has 0 aromatic heterocycles. The summed E-state index contributed by atoms with van der Waals surface area (Å²) in [5.41, 5.74) is 2.61. The smallest absolute Gasteiger partial charge is 0.118 e. The van der Waals surface area contributed by atoms with Crippen molar-refractivity contribution in [2.45, 2.75) is 11.2 Å². The van der Waals surface area contributed by atoms with Gasteiger partial charge < -0.3 is 4.74 Å². The molecule has 0 aliphatic carbocycles. The zero-order chi connectivity index (χ0) is 13.0. The van der Waals surface area contributed by atoms with Crippen molar-refractivity contribution in [3.8, 4) is 5.75 Å². The molecule has 0 N–H and O–H groups in total. The molecule has 0 saturated carbocycles. The van der Waals surface area contributed by atoms with Crippen LogP contribution in [0.4, 0.5) is 0 Å². The topological polar surface area (TPSA) is 9.23 Å². The van der Waals surface area contributed by atoms with E-state index >= 15 is 0 Å². The molecule has 1 nitrogen and oxygen atoms in total. The number of methoxy groups -OCH3 is 1. The van der Waals surface area contributed by atoms with Crippen LogP contribution in [0.25, 0.3) is 0 Å². The molecule has 2 rings (SSSR count). The van der Waals surface area contributed by atoms with E-state index in [1.54, 1.807) is 7.11 Å². The molecule has 0 saturated heterocycles. The summed E-state index contributed by atoms with van der Waals surface area (Å²) in [6.45, 7) is 0. The largest absolute Gasteiger partial charge is 0.497 e. The van der Waals surface area contributed by atoms with Gasteiger partial charge in [-0.3, -0.25) is 0 Å². The third-order valence-electron chi connectivity index (χ3n) is 2.81. The first-order valence-corrected chi connectivity index (χ1v) is 7.71. The Labute approximate surface area is 130 Å². The molecule has 2 aromatic rings. The van der Waals surface area contributed by atoms with E-state index in [9.17, 15) is 0 Å². The molecular formula is C15H14BrIO. The van der Waals surface area contributed by atoms with Gasteiger partial charge in [0.2, 0.25) is 0 Å². The number of ether oxygens (including phenoxy) is 1. The van der Waals surface area contributed by atoms with Crippen LogP contribution < -0.4 is 4.74 Å². The molecule has 0 amide bonds. The summed E-state index contributed by atoms with van der Waals surface area (Å²) in [7, 11) is 1.69. The first-order chi connectivity index (χ1) is 8.69. The lowest BCUT2D eigenvalue weighted by atomic mass is 10.0. The number of rotatable bonds is 4. The highest BCUT2D eigenvalue weighted by atomic mass is 127.